The van der Waals surface area contributed by atoms with Crippen molar-refractivity contribution in [3.63, 3.8) is 0 Å². The summed E-state index contributed by atoms with van der Waals surface area (Å²) in [6.45, 7) is 3.31. The van der Waals surface area contributed by atoms with Crippen molar-refractivity contribution in [2.75, 3.05) is 6.54 Å². The Morgan fingerprint density at radius 2 is 2.20 bits per heavy atom. The molecule has 1 unspecified atom stereocenters. The molecule has 78 valence electrons. The molecule has 2 aromatic rings. The van der Waals surface area contributed by atoms with Crippen molar-refractivity contribution < 1.29 is 0 Å². The van der Waals surface area contributed by atoms with Crippen molar-refractivity contribution in [2.45, 2.75) is 25.3 Å². The van der Waals surface area contributed by atoms with Gasteiger partial charge in [0, 0.05) is 0 Å². The molecule has 2 N–H and O–H groups in total. The largest absolute Gasteiger partial charge is 0.340 e. The minimum Gasteiger partial charge on any atom is -0.340 e. The van der Waals surface area contributed by atoms with Crippen LogP contribution in [0.15, 0.2) is 24.3 Å². The zero-order valence-electron chi connectivity index (χ0n) is 8.88. The second kappa shape index (κ2) is 3.07. The van der Waals surface area contributed by atoms with Crippen LogP contribution in [0.2, 0.25) is 0 Å². The van der Waals surface area contributed by atoms with Crippen LogP contribution in [0.5, 0.6) is 0 Å². The number of H-pyrrole nitrogens is 1. The summed E-state index contributed by atoms with van der Waals surface area (Å²) in [6.07, 6.45) is 2.39. The highest BCUT2D eigenvalue weighted by Crippen LogP contribution is 2.29. The Bertz CT molecular complexity index is 447. The summed E-state index contributed by atoms with van der Waals surface area (Å²) in [6, 6.07) is 8.18. The molecule has 1 aliphatic rings. The van der Waals surface area contributed by atoms with Crippen molar-refractivity contribution in [2.24, 2.45) is 0 Å². The minimum absolute atomic E-state index is 0.0407. The highest BCUT2D eigenvalue weighted by molar-refractivity contribution is 5.74. The van der Waals surface area contributed by atoms with Gasteiger partial charge < -0.3 is 10.3 Å². The molecule has 3 rings (SSSR count). The molecule has 1 aliphatic heterocycles. The van der Waals surface area contributed by atoms with Gasteiger partial charge in [-0.2, -0.15) is 0 Å². The van der Waals surface area contributed by atoms with E-state index in [-0.39, 0.29) is 5.54 Å². The van der Waals surface area contributed by atoms with Gasteiger partial charge in [0.15, 0.2) is 0 Å². The molecule has 1 aromatic heterocycles. The number of aromatic nitrogens is 2. The summed E-state index contributed by atoms with van der Waals surface area (Å²) in [4.78, 5) is 8.05. The summed E-state index contributed by atoms with van der Waals surface area (Å²) in [5.41, 5.74) is 2.23. The first kappa shape index (κ1) is 8.92. The summed E-state index contributed by atoms with van der Waals surface area (Å²) in [7, 11) is 0. The normalized spacial score (nSPS) is 26.2. The average molecular weight is 201 g/mol. The number of fused-ring (bicyclic) bond motifs is 1. The van der Waals surface area contributed by atoms with E-state index in [1.807, 2.05) is 18.2 Å². The quantitative estimate of drug-likeness (QED) is 0.742. The maximum Gasteiger partial charge on any atom is 0.127 e. The van der Waals surface area contributed by atoms with Gasteiger partial charge in [-0.25, -0.2) is 4.98 Å². The van der Waals surface area contributed by atoms with E-state index in [4.69, 9.17) is 0 Å². The van der Waals surface area contributed by atoms with Gasteiger partial charge in [-0.1, -0.05) is 12.1 Å². The molecule has 0 saturated carbocycles. The Balaban J connectivity index is 2.11. The Hall–Kier alpha value is -1.35. The SMILES string of the molecule is CC1(c2nc3ccccc3[nH]2)CCCN1. The predicted octanol–water partition coefficient (Wildman–Crippen LogP) is 2.16. The minimum atomic E-state index is 0.0407. The van der Waals surface area contributed by atoms with Crippen molar-refractivity contribution in [1.82, 2.24) is 15.3 Å². The molecule has 0 aliphatic carbocycles. The molecule has 3 nitrogen and oxygen atoms in total. The molecule has 0 spiro atoms. The van der Waals surface area contributed by atoms with Gasteiger partial charge in [-0.3, -0.25) is 0 Å². The molecule has 2 heterocycles. The summed E-state index contributed by atoms with van der Waals surface area (Å²) >= 11 is 0. The lowest BCUT2D eigenvalue weighted by Crippen LogP contribution is -2.34. The fraction of sp³-hybridized carbons (Fsp3) is 0.417. The van der Waals surface area contributed by atoms with E-state index in [9.17, 15) is 0 Å². The molecular formula is C12H15N3. The van der Waals surface area contributed by atoms with E-state index in [0.717, 1.165) is 29.8 Å². The standard InChI is InChI=1S/C12H15N3/c1-12(7-4-8-13-12)11-14-9-5-2-3-6-10(9)15-11/h2-3,5-6,13H,4,7-8H2,1H3,(H,14,15). The van der Waals surface area contributed by atoms with E-state index in [1.165, 1.54) is 6.42 Å². The van der Waals surface area contributed by atoms with Crippen LogP contribution in [0.25, 0.3) is 11.0 Å². The number of hydrogen-bond acceptors (Lipinski definition) is 2. The van der Waals surface area contributed by atoms with E-state index in [2.05, 4.69) is 28.3 Å². The fourth-order valence-corrected chi connectivity index (χ4v) is 2.31. The molecule has 0 bridgehead atoms. The first-order chi connectivity index (χ1) is 7.28. The number of imidazole rings is 1. The molecule has 15 heavy (non-hydrogen) atoms. The van der Waals surface area contributed by atoms with Crippen molar-refractivity contribution in [3.8, 4) is 0 Å². The highest BCUT2D eigenvalue weighted by Gasteiger charge is 2.32. The van der Waals surface area contributed by atoms with Gasteiger partial charge in [0.05, 0.1) is 16.6 Å². The lowest BCUT2D eigenvalue weighted by molar-refractivity contribution is 0.412. The molecule has 1 aromatic carbocycles. The average Bonchev–Trinajstić information content (AvgIpc) is 2.84. The van der Waals surface area contributed by atoms with Crippen molar-refractivity contribution in [3.05, 3.63) is 30.1 Å². The lowest BCUT2D eigenvalue weighted by atomic mass is 10.00. The van der Waals surface area contributed by atoms with E-state index in [0.29, 0.717) is 0 Å². The Kier molecular flexibility index (Phi) is 1.83. The van der Waals surface area contributed by atoms with E-state index < -0.39 is 0 Å². The molecule has 1 atom stereocenters. The van der Waals surface area contributed by atoms with Gasteiger partial charge in [-0.15, -0.1) is 0 Å². The second-order valence-corrected chi connectivity index (χ2v) is 4.46. The number of nitrogens with zero attached hydrogens (tertiary/aromatic N) is 1. The molecule has 1 fully saturated rings. The number of benzene rings is 1. The number of rotatable bonds is 1. The smallest absolute Gasteiger partial charge is 0.127 e. The van der Waals surface area contributed by atoms with Crippen molar-refractivity contribution >= 4 is 11.0 Å². The van der Waals surface area contributed by atoms with Crippen LogP contribution in [-0.4, -0.2) is 16.5 Å². The first-order valence-corrected chi connectivity index (χ1v) is 5.48. The highest BCUT2D eigenvalue weighted by atomic mass is 15.1. The molecule has 0 amide bonds. The van der Waals surface area contributed by atoms with Gasteiger partial charge in [-0.05, 0) is 38.4 Å². The summed E-state index contributed by atoms with van der Waals surface area (Å²) in [5.74, 6) is 1.07. The Morgan fingerprint density at radius 3 is 2.93 bits per heavy atom. The van der Waals surface area contributed by atoms with Crippen molar-refractivity contribution in [1.29, 1.82) is 0 Å². The van der Waals surface area contributed by atoms with Crippen LogP contribution in [0.1, 0.15) is 25.6 Å². The van der Waals surface area contributed by atoms with Crippen LogP contribution >= 0.6 is 0 Å². The van der Waals surface area contributed by atoms with E-state index in [1.54, 1.807) is 0 Å². The monoisotopic (exact) mass is 201 g/mol. The number of hydrogen-bond donors (Lipinski definition) is 2. The van der Waals surface area contributed by atoms with Crippen LogP contribution < -0.4 is 5.32 Å². The van der Waals surface area contributed by atoms with Crippen LogP contribution in [0.3, 0.4) is 0 Å². The molecule has 0 radical (unpaired) electrons. The van der Waals surface area contributed by atoms with E-state index >= 15 is 0 Å². The Morgan fingerprint density at radius 1 is 1.33 bits per heavy atom. The first-order valence-electron chi connectivity index (χ1n) is 5.48. The zero-order chi connectivity index (χ0) is 10.3. The summed E-state index contributed by atoms with van der Waals surface area (Å²) < 4.78 is 0. The maximum absolute atomic E-state index is 4.65. The van der Waals surface area contributed by atoms with Crippen LogP contribution in [0.4, 0.5) is 0 Å². The fourth-order valence-electron chi connectivity index (χ4n) is 2.31. The molecule has 1 saturated heterocycles. The number of aromatic amines is 1. The van der Waals surface area contributed by atoms with Crippen LogP contribution in [0, 0.1) is 0 Å². The summed E-state index contributed by atoms with van der Waals surface area (Å²) in [5, 5.41) is 3.52. The number of para-hydroxylation sites is 2. The molecule has 3 heteroatoms. The zero-order valence-corrected chi connectivity index (χ0v) is 8.88. The Labute approximate surface area is 88.9 Å². The second-order valence-electron chi connectivity index (χ2n) is 4.46. The maximum atomic E-state index is 4.65. The van der Waals surface area contributed by atoms with Crippen LogP contribution in [-0.2, 0) is 5.54 Å². The third-order valence-corrected chi connectivity index (χ3v) is 3.28. The number of nitrogens with one attached hydrogen (secondary N) is 2. The van der Waals surface area contributed by atoms with Gasteiger partial charge in [0.1, 0.15) is 5.82 Å². The topological polar surface area (TPSA) is 40.7 Å². The predicted molar refractivity (Wildman–Crippen MR) is 60.7 cm³/mol. The van der Waals surface area contributed by atoms with Gasteiger partial charge in [0.2, 0.25) is 0 Å². The lowest BCUT2D eigenvalue weighted by Gasteiger charge is -2.21. The molecular weight excluding hydrogens is 186 g/mol. The van der Waals surface area contributed by atoms with Gasteiger partial charge >= 0.3 is 0 Å². The third kappa shape index (κ3) is 1.35. The van der Waals surface area contributed by atoms with Gasteiger partial charge in [0.25, 0.3) is 0 Å². The third-order valence-electron chi connectivity index (χ3n) is 3.28.